The predicted octanol–water partition coefficient (Wildman–Crippen LogP) is 5.16. The zero-order valence-corrected chi connectivity index (χ0v) is 15.3. The van der Waals surface area contributed by atoms with E-state index in [1.54, 1.807) is 0 Å². The van der Waals surface area contributed by atoms with E-state index >= 15 is 0 Å². The van der Waals surface area contributed by atoms with Crippen molar-refractivity contribution in [1.82, 2.24) is 0 Å². The zero-order valence-electron chi connectivity index (χ0n) is 15.3. The lowest BCUT2D eigenvalue weighted by atomic mass is 9.83. The van der Waals surface area contributed by atoms with Crippen LogP contribution in [0.5, 0.6) is 0 Å². The number of carbonyl (C=O) groups is 1. The molecule has 132 valence electrons. The van der Waals surface area contributed by atoms with Crippen LogP contribution >= 0.6 is 0 Å². The Morgan fingerprint density at radius 3 is 2.42 bits per heavy atom. The molecule has 4 rings (SSSR count). The molecule has 1 amide bonds. The molecule has 0 saturated carbocycles. The maximum atomic E-state index is 12.4. The van der Waals surface area contributed by atoms with Gasteiger partial charge >= 0.3 is 0 Å². The minimum absolute atomic E-state index is 0.0895. The fourth-order valence-electron chi connectivity index (χ4n) is 4.01. The molecule has 0 spiro atoms. The van der Waals surface area contributed by atoms with E-state index in [4.69, 9.17) is 0 Å². The van der Waals surface area contributed by atoms with Gasteiger partial charge in [0.2, 0.25) is 5.91 Å². The second kappa shape index (κ2) is 6.83. The lowest BCUT2D eigenvalue weighted by Gasteiger charge is -2.28. The number of nitrogens with zero attached hydrogens (tertiary/aromatic N) is 1. The third-order valence-electron chi connectivity index (χ3n) is 5.41. The van der Waals surface area contributed by atoms with Gasteiger partial charge in [0.05, 0.1) is 5.69 Å². The van der Waals surface area contributed by atoms with Gasteiger partial charge in [-0.25, -0.2) is 0 Å². The number of fused-ring (bicyclic) bond motifs is 3. The van der Waals surface area contributed by atoms with Crippen molar-refractivity contribution in [3.63, 3.8) is 0 Å². The van der Waals surface area contributed by atoms with Gasteiger partial charge in [-0.15, -0.1) is 0 Å². The Labute approximate surface area is 154 Å². The van der Waals surface area contributed by atoms with Crippen molar-refractivity contribution in [2.75, 3.05) is 23.3 Å². The van der Waals surface area contributed by atoms with Gasteiger partial charge < -0.3 is 10.2 Å². The monoisotopic (exact) mass is 344 g/mol. The lowest BCUT2D eigenvalue weighted by molar-refractivity contribution is -0.116. The second-order valence-corrected chi connectivity index (χ2v) is 6.82. The van der Waals surface area contributed by atoms with E-state index in [-0.39, 0.29) is 11.8 Å². The average Bonchev–Trinajstić information content (AvgIpc) is 2.69. The first-order valence-electron chi connectivity index (χ1n) is 9.37. The summed E-state index contributed by atoms with van der Waals surface area (Å²) in [6.45, 7) is 6.33. The number of carbonyl (C=O) groups excluding carboxylic acids is 1. The lowest BCUT2D eigenvalue weighted by Crippen LogP contribution is -2.24. The molecule has 26 heavy (non-hydrogen) atoms. The van der Waals surface area contributed by atoms with Crippen LogP contribution in [0.25, 0.3) is 10.8 Å². The number of rotatable bonds is 4. The van der Waals surface area contributed by atoms with Crippen LogP contribution in [0.2, 0.25) is 0 Å². The second-order valence-electron chi connectivity index (χ2n) is 6.82. The largest absolute Gasteiger partial charge is 0.372 e. The molecular formula is C23H24N2O. The highest BCUT2D eigenvalue weighted by Crippen LogP contribution is 2.41. The summed E-state index contributed by atoms with van der Waals surface area (Å²) in [4.78, 5) is 14.7. The maximum absolute atomic E-state index is 12.4. The van der Waals surface area contributed by atoms with Gasteiger partial charge in [0.15, 0.2) is 0 Å². The van der Waals surface area contributed by atoms with E-state index in [9.17, 15) is 4.79 Å². The Morgan fingerprint density at radius 2 is 1.69 bits per heavy atom. The number of hydrogen-bond donors (Lipinski definition) is 1. The van der Waals surface area contributed by atoms with Gasteiger partial charge in [0.25, 0.3) is 0 Å². The van der Waals surface area contributed by atoms with Gasteiger partial charge in [-0.3, -0.25) is 4.79 Å². The van der Waals surface area contributed by atoms with Gasteiger partial charge in [0.1, 0.15) is 0 Å². The van der Waals surface area contributed by atoms with Crippen LogP contribution in [0.4, 0.5) is 11.4 Å². The summed E-state index contributed by atoms with van der Waals surface area (Å²) in [5.74, 6) is 0.195. The molecule has 0 aliphatic carbocycles. The molecule has 0 radical (unpaired) electrons. The molecule has 0 fully saturated rings. The van der Waals surface area contributed by atoms with Gasteiger partial charge in [-0.2, -0.15) is 0 Å². The van der Waals surface area contributed by atoms with Crippen LogP contribution in [0.3, 0.4) is 0 Å². The summed E-state index contributed by atoms with van der Waals surface area (Å²) in [5.41, 5.74) is 4.61. The van der Waals surface area contributed by atoms with Crippen molar-refractivity contribution in [2.45, 2.75) is 26.2 Å². The molecule has 1 atom stereocenters. The molecule has 3 nitrogen and oxygen atoms in total. The van der Waals surface area contributed by atoms with Crippen LogP contribution in [0.1, 0.15) is 37.3 Å². The Hall–Kier alpha value is -2.81. The molecule has 3 aromatic rings. The van der Waals surface area contributed by atoms with Crippen LogP contribution in [-0.2, 0) is 4.79 Å². The highest BCUT2D eigenvalue weighted by Gasteiger charge is 2.27. The number of nitrogens with one attached hydrogen (secondary N) is 1. The fourth-order valence-corrected chi connectivity index (χ4v) is 4.01. The van der Waals surface area contributed by atoms with E-state index in [0.29, 0.717) is 6.42 Å². The summed E-state index contributed by atoms with van der Waals surface area (Å²) >= 11 is 0. The molecule has 1 aliphatic rings. The minimum Gasteiger partial charge on any atom is -0.372 e. The van der Waals surface area contributed by atoms with Crippen LogP contribution in [-0.4, -0.2) is 19.0 Å². The van der Waals surface area contributed by atoms with E-state index in [0.717, 1.165) is 29.5 Å². The van der Waals surface area contributed by atoms with Crippen LogP contribution < -0.4 is 10.2 Å². The first kappa shape index (κ1) is 16.6. The van der Waals surface area contributed by atoms with Crippen LogP contribution in [0, 0.1) is 0 Å². The number of anilines is 2. The topological polar surface area (TPSA) is 32.3 Å². The minimum atomic E-state index is 0.0895. The Bertz CT molecular complexity index is 942. The molecule has 3 aromatic carbocycles. The Morgan fingerprint density at radius 1 is 0.962 bits per heavy atom. The van der Waals surface area contributed by atoms with Gasteiger partial charge in [0, 0.05) is 36.5 Å². The Kier molecular flexibility index (Phi) is 4.37. The molecule has 3 heteroatoms. The number of hydrogen-bond acceptors (Lipinski definition) is 2. The summed E-state index contributed by atoms with van der Waals surface area (Å²) in [6, 6.07) is 21.3. The maximum Gasteiger partial charge on any atom is 0.225 e. The molecule has 0 bridgehead atoms. The van der Waals surface area contributed by atoms with Gasteiger partial charge in [-0.05, 0) is 42.5 Å². The zero-order chi connectivity index (χ0) is 18.1. The summed E-state index contributed by atoms with van der Waals surface area (Å²) < 4.78 is 0. The smallest absolute Gasteiger partial charge is 0.225 e. The third kappa shape index (κ3) is 2.84. The average molecular weight is 344 g/mol. The van der Waals surface area contributed by atoms with Crippen molar-refractivity contribution in [3.8, 4) is 0 Å². The van der Waals surface area contributed by atoms with Crippen molar-refractivity contribution in [1.29, 1.82) is 0 Å². The predicted molar refractivity (Wildman–Crippen MR) is 109 cm³/mol. The molecule has 0 aromatic heterocycles. The highest BCUT2D eigenvalue weighted by molar-refractivity contribution is 6.06. The first-order chi connectivity index (χ1) is 12.7. The van der Waals surface area contributed by atoms with E-state index in [1.165, 1.54) is 16.8 Å². The number of amides is 1. The van der Waals surface area contributed by atoms with E-state index in [2.05, 4.69) is 72.6 Å². The Balaban J connectivity index is 1.77. The SMILES string of the molecule is CCN(CC)c1ccc(C2CC(=O)Nc3c2ccc2ccccc32)cc1. The standard InChI is InChI=1S/C23H24N2O/c1-3-25(4-2)18-12-9-17(10-13-18)21-15-22(26)24-23-19-8-6-5-7-16(19)11-14-20(21)23/h5-14,21H,3-4,15H2,1-2H3,(H,24,26). The third-order valence-corrected chi connectivity index (χ3v) is 5.41. The van der Waals surface area contributed by atoms with Crippen molar-refractivity contribution in [3.05, 3.63) is 71.8 Å². The van der Waals surface area contributed by atoms with E-state index < -0.39 is 0 Å². The summed E-state index contributed by atoms with van der Waals surface area (Å²) in [6.07, 6.45) is 0.496. The molecule has 1 aliphatic heterocycles. The molecule has 0 saturated heterocycles. The van der Waals surface area contributed by atoms with Crippen LogP contribution in [0.15, 0.2) is 60.7 Å². The summed E-state index contributed by atoms with van der Waals surface area (Å²) in [5, 5.41) is 5.37. The van der Waals surface area contributed by atoms with Crippen molar-refractivity contribution >= 4 is 28.1 Å². The van der Waals surface area contributed by atoms with Crippen molar-refractivity contribution < 1.29 is 4.79 Å². The van der Waals surface area contributed by atoms with Gasteiger partial charge in [-0.1, -0.05) is 48.5 Å². The summed E-state index contributed by atoms with van der Waals surface area (Å²) in [7, 11) is 0. The van der Waals surface area contributed by atoms with Crippen molar-refractivity contribution in [2.24, 2.45) is 0 Å². The highest BCUT2D eigenvalue weighted by atomic mass is 16.1. The molecule has 1 unspecified atom stereocenters. The molecule has 1 N–H and O–H groups in total. The quantitative estimate of drug-likeness (QED) is 0.709. The molecular weight excluding hydrogens is 320 g/mol. The van der Waals surface area contributed by atoms with E-state index in [1.807, 2.05) is 12.1 Å². The number of benzene rings is 3. The molecule has 1 heterocycles. The normalized spacial score (nSPS) is 16.2. The fraction of sp³-hybridized carbons (Fsp3) is 0.261. The first-order valence-corrected chi connectivity index (χ1v) is 9.37.